The third-order valence-electron chi connectivity index (χ3n) is 3.70. The van der Waals surface area contributed by atoms with Gasteiger partial charge in [-0.1, -0.05) is 11.6 Å². The maximum Gasteiger partial charge on any atom is 0.411 e. The molecule has 1 aromatic rings. The molecule has 0 amide bonds. The van der Waals surface area contributed by atoms with Crippen molar-refractivity contribution in [3.63, 3.8) is 0 Å². The van der Waals surface area contributed by atoms with E-state index in [2.05, 4.69) is 15.3 Å². The average molecular weight is 292 g/mol. The van der Waals surface area contributed by atoms with E-state index >= 15 is 0 Å². The van der Waals surface area contributed by atoms with Gasteiger partial charge in [0.05, 0.1) is 0 Å². The summed E-state index contributed by atoms with van der Waals surface area (Å²) in [5.41, 5.74) is -1.35. The van der Waals surface area contributed by atoms with Gasteiger partial charge in [-0.15, -0.1) is 0 Å². The highest BCUT2D eigenvalue weighted by molar-refractivity contribution is 6.30. The van der Waals surface area contributed by atoms with Crippen LogP contribution in [-0.2, 0) is 0 Å². The number of aromatic nitrogens is 2. The summed E-state index contributed by atoms with van der Waals surface area (Å²) in [6, 6.07) is 0. The van der Waals surface area contributed by atoms with E-state index in [0.717, 1.165) is 12.8 Å². The third-order valence-corrected chi connectivity index (χ3v) is 4.06. The zero-order chi connectivity index (χ0) is 13.8. The van der Waals surface area contributed by atoms with Crippen LogP contribution in [0.1, 0.15) is 43.0 Å². The summed E-state index contributed by atoms with van der Waals surface area (Å²) in [6.45, 7) is 1.63. The van der Waals surface area contributed by atoms with Crippen LogP contribution in [0.25, 0.3) is 0 Å². The van der Waals surface area contributed by atoms with Crippen molar-refractivity contribution in [2.45, 2.75) is 50.2 Å². The van der Waals surface area contributed by atoms with Gasteiger partial charge in [0.15, 0.2) is 0 Å². The van der Waals surface area contributed by atoms with Gasteiger partial charge in [-0.3, -0.25) is 0 Å². The quantitative estimate of drug-likeness (QED) is 0.860. The molecule has 2 aliphatic carbocycles. The van der Waals surface area contributed by atoms with Gasteiger partial charge in [0, 0.05) is 11.5 Å². The lowest BCUT2D eigenvalue weighted by molar-refractivity contribution is -0.151. The minimum Gasteiger partial charge on any atom is -0.356 e. The molecule has 3 nitrogen and oxygen atoms in total. The molecule has 0 aromatic carbocycles. The molecule has 2 saturated carbocycles. The Labute approximate surface area is 113 Å². The maximum absolute atomic E-state index is 12.9. The van der Waals surface area contributed by atoms with Crippen molar-refractivity contribution >= 4 is 17.4 Å². The fourth-order valence-electron chi connectivity index (χ4n) is 1.98. The van der Waals surface area contributed by atoms with Crippen molar-refractivity contribution in [2.24, 2.45) is 0 Å². The molecule has 1 aromatic heterocycles. The largest absolute Gasteiger partial charge is 0.411 e. The molecular weight excluding hydrogens is 279 g/mol. The average Bonchev–Trinajstić information content (AvgIpc) is 3.14. The highest BCUT2D eigenvalue weighted by atomic mass is 35.5. The predicted octanol–water partition coefficient (Wildman–Crippen LogP) is 3.82. The Morgan fingerprint density at radius 1 is 1.26 bits per heavy atom. The third kappa shape index (κ3) is 2.26. The molecular formula is C12H13ClF3N3. The zero-order valence-electron chi connectivity index (χ0n) is 10.3. The number of halogens is 4. The van der Waals surface area contributed by atoms with Crippen LogP contribution in [0.2, 0.25) is 5.15 Å². The van der Waals surface area contributed by atoms with Gasteiger partial charge in [-0.05, 0) is 32.6 Å². The number of hydrogen-bond acceptors (Lipinski definition) is 3. The Balaban J connectivity index is 1.92. The molecule has 2 fully saturated rings. The molecule has 104 valence electrons. The zero-order valence-corrected chi connectivity index (χ0v) is 11.1. The molecule has 0 atom stereocenters. The summed E-state index contributed by atoms with van der Waals surface area (Å²) < 4.78 is 38.8. The van der Waals surface area contributed by atoms with Crippen molar-refractivity contribution < 1.29 is 13.2 Å². The van der Waals surface area contributed by atoms with E-state index in [1.165, 1.54) is 0 Å². The molecule has 0 spiro atoms. The van der Waals surface area contributed by atoms with Crippen LogP contribution < -0.4 is 5.32 Å². The van der Waals surface area contributed by atoms with Crippen molar-refractivity contribution in [1.82, 2.24) is 9.97 Å². The molecule has 2 aliphatic rings. The maximum atomic E-state index is 12.9. The van der Waals surface area contributed by atoms with Crippen LogP contribution in [0.5, 0.6) is 0 Å². The molecule has 1 N–H and O–H groups in total. The number of anilines is 1. The van der Waals surface area contributed by atoms with Crippen molar-refractivity contribution in [1.29, 1.82) is 0 Å². The van der Waals surface area contributed by atoms with Gasteiger partial charge in [0.2, 0.25) is 0 Å². The van der Waals surface area contributed by atoms with Gasteiger partial charge >= 0.3 is 6.18 Å². The van der Waals surface area contributed by atoms with Crippen LogP contribution in [0.4, 0.5) is 19.0 Å². The van der Waals surface area contributed by atoms with Gasteiger partial charge in [0.1, 0.15) is 22.3 Å². The first-order valence-corrected chi connectivity index (χ1v) is 6.59. The Morgan fingerprint density at radius 2 is 1.89 bits per heavy atom. The second-order valence-corrected chi connectivity index (χ2v) is 5.68. The van der Waals surface area contributed by atoms with E-state index < -0.39 is 11.7 Å². The number of nitrogens with one attached hydrogen (secondary N) is 1. The van der Waals surface area contributed by atoms with Gasteiger partial charge in [-0.25, -0.2) is 9.97 Å². The Bertz CT molecular complexity index is 522. The minimum absolute atomic E-state index is 0.0797. The number of rotatable bonds is 3. The van der Waals surface area contributed by atoms with Gasteiger partial charge < -0.3 is 5.32 Å². The van der Waals surface area contributed by atoms with E-state index in [9.17, 15) is 13.2 Å². The summed E-state index contributed by atoms with van der Waals surface area (Å²) >= 11 is 5.98. The summed E-state index contributed by atoms with van der Waals surface area (Å²) in [5.74, 6) is 1.02. The monoisotopic (exact) mass is 291 g/mol. The lowest BCUT2D eigenvalue weighted by Gasteiger charge is -2.22. The fourth-order valence-corrected chi connectivity index (χ4v) is 2.16. The van der Waals surface area contributed by atoms with Crippen molar-refractivity contribution in [2.75, 3.05) is 5.32 Å². The first kappa shape index (κ1) is 13.0. The molecule has 0 unspecified atom stereocenters. The molecule has 1 heterocycles. The van der Waals surface area contributed by atoms with E-state index in [1.54, 1.807) is 6.92 Å². The van der Waals surface area contributed by atoms with Crippen LogP contribution in [0, 0.1) is 6.92 Å². The van der Waals surface area contributed by atoms with Crippen LogP contribution >= 0.6 is 11.6 Å². The Morgan fingerprint density at radius 3 is 2.37 bits per heavy atom. The van der Waals surface area contributed by atoms with Crippen LogP contribution in [0.3, 0.4) is 0 Å². The Hall–Kier alpha value is -1.04. The molecule has 3 rings (SSSR count). The van der Waals surface area contributed by atoms with Crippen molar-refractivity contribution in [3.05, 3.63) is 16.5 Å². The number of hydrogen-bond donors (Lipinski definition) is 1. The smallest absolute Gasteiger partial charge is 0.356 e. The van der Waals surface area contributed by atoms with Crippen LogP contribution in [0.15, 0.2) is 0 Å². The van der Waals surface area contributed by atoms with Crippen LogP contribution in [-0.4, -0.2) is 21.7 Å². The lowest BCUT2D eigenvalue weighted by Crippen LogP contribution is -2.39. The van der Waals surface area contributed by atoms with Gasteiger partial charge in [-0.2, -0.15) is 13.2 Å². The summed E-state index contributed by atoms with van der Waals surface area (Å²) in [6.07, 6.45) is -2.16. The SMILES string of the molecule is Cc1c(Cl)nc(C2CC2)nc1NC1(C(F)(F)F)CC1. The molecule has 19 heavy (non-hydrogen) atoms. The van der Waals surface area contributed by atoms with Gasteiger partial charge in [0.25, 0.3) is 0 Å². The molecule has 0 radical (unpaired) electrons. The lowest BCUT2D eigenvalue weighted by atomic mass is 10.2. The summed E-state index contributed by atoms with van der Waals surface area (Å²) in [4.78, 5) is 8.37. The summed E-state index contributed by atoms with van der Waals surface area (Å²) in [7, 11) is 0. The fraction of sp³-hybridized carbons (Fsp3) is 0.667. The first-order valence-electron chi connectivity index (χ1n) is 6.21. The number of alkyl halides is 3. The molecule has 0 saturated heterocycles. The molecule has 0 aliphatic heterocycles. The van der Waals surface area contributed by atoms with E-state index in [4.69, 9.17) is 11.6 Å². The normalized spacial score (nSPS) is 21.3. The summed E-state index contributed by atoms with van der Waals surface area (Å²) in [5, 5.41) is 2.77. The minimum atomic E-state index is -4.27. The molecule has 0 bridgehead atoms. The number of nitrogens with zero attached hydrogens (tertiary/aromatic N) is 2. The predicted molar refractivity (Wildman–Crippen MR) is 65.4 cm³/mol. The van der Waals surface area contributed by atoms with Crippen molar-refractivity contribution in [3.8, 4) is 0 Å². The standard InChI is InChI=1S/C12H13ClF3N3/c1-6-8(13)17-10(7-2-3-7)18-9(6)19-11(4-5-11)12(14,15)16/h7H,2-5H2,1H3,(H,17,18,19). The first-order chi connectivity index (χ1) is 8.82. The topological polar surface area (TPSA) is 37.8 Å². The van der Waals surface area contributed by atoms with E-state index in [-0.39, 0.29) is 29.7 Å². The highest BCUT2D eigenvalue weighted by Crippen LogP contribution is 2.51. The second-order valence-electron chi connectivity index (χ2n) is 5.33. The second kappa shape index (κ2) is 3.98. The highest BCUT2D eigenvalue weighted by Gasteiger charge is 2.63. The Kier molecular flexibility index (Phi) is 2.71. The van der Waals surface area contributed by atoms with E-state index in [0.29, 0.717) is 11.4 Å². The van der Waals surface area contributed by atoms with E-state index in [1.807, 2.05) is 0 Å². The molecule has 7 heteroatoms.